The third kappa shape index (κ3) is 3.25. The van der Waals surface area contributed by atoms with E-state index in [1.807, 2.05) is 18.2 Å². The summed E-state index contributed by atoms with van der Waals surface area (Å²) < 4.78 is 11.2. The molecule has 0 aliphatic rings. The average molecular weight is 329 g/mol. The minimum Gasteiger partial charge on any atom is -0.494 e. The van der Waals surface area contributed by atoms with Crippen LogP contribution >= 0.6 is 11.6 Å². The zero-order valence-electron chi connectivity index (χ0n) is 12.8. The first-order chi connectivity index (χ1) is 11.2. The average Bonchev–Trinajstić information content (AvgIpc) is 2.92. The number of furan rings is 1. The number of hydrogen-bond donors (Lipinski definition) is 0. The summed E-state index contributed by atoms with van der Waals surface area (Å²) in [5.74, 6) is 0.699. The van der Waals surface area contributed by atoms with Gasteiger partial charge in [0, 0.05) is 10.9 Å². The molecule has 0 fully saturated rings. The summed E-state index contributed by atoms with van der Waals surface area (Å²) in [4.78, 5) is 12.6. The van der Waals surface area contributed by atoms with Crippen molar-refractivity contribution in [2.75, 3.05) is 6.61 Å². The number of ether oxygens (including phenoxy) is 1. The molecule has 0 atom stereocenters. The van der Waals surface area contributed by atoms with Crippen LogP contribution < -0.4 is 4.74 Å². The molecule has 4 heteroatoms. The van der Waals surface area contributed by atoms with Crippen LogP contribution in [0.3, 0.4) is 0 Å². The SMILES string of the molecule is CCCCOc1ccc(C(=O)c2oc3ccccc3c2Cl)cc1. The molecule has 2 aromatic carbocycles. The number of carbonyl (C=O) groups excluding carboxylic acids is 1. The van der Waals surface area contributed by atoms with Crippen LogP contribution in [-0.2, 0) is 0 Å². The molecule has 3 nitrogen and oxygen atoms in total. The van der Waals surface area contributed by atoms with Gasteiger partial charge in [0.05, 0.1) is 11.6 Å². The van der Waals surface area contributed by atoms with Gasteiger partial charge in [-0.2, -0.15) is 0 Å². The number of carbonyl (C=O) groups is 1. The second-order valence-corrected chi connectivity index (χ2v) is 5.67. The number of fused-ring (bicyclic) bond motifs is 1. The van der Waals surface area contributed by atoms with Gasteiger partial charge in [0.15, 0.2) is 5.76 Å². The van der Waals surface area contributed by atoms with Gasteiger partial charge in [0.2, 0.25) is 5.78 Å². The number of hydrogen-bond acceptors (Lipinski definition) is 3. The van der Waals surface area contributed by atoms with Crippen LogP contribution in [-0.4, -0.2) is 12.4 Å². The fourth-order valence-electron chi connectivity index (χ4n) is 2.33. The monoisotopic (exact) mass is 328 g/mol. The van der Waals surface area contributed by atoms with Crippen molar-refractivity contribution in [2.24, 2.45) is 0 Å². The van der Waals surface area contributed by atoms with Crippen LogP contribution in [0.2, 0.25) is 5.02 Å². The molecule has 3 rings (SSSR count). The Labute approximate surface area is 139 Å². The summed E-state index contributed by atoms with van der Waals surface area (Å²) in [7, 11) is 0. The molecule has 0 N–H and O–H groups in total. The molecule has 0 bridgehead atoms. The van der Waals surface area contributed by atoms with Crippen molar-refractivity contribution >= 4 is 28.4 Å². The minimum atomic E-state index is -0.230. The Bertz CT molecular complexity index is 818. The van der Waals surface area contributed by atoms with Gasteiger partial charge in [0.1, 0.15) is 11.3 Å². The summed E-state index contributed by atoms with van der Waals surface area (Å²) in [6.07, 6.45) is 2.09. The predicted molar refractivity (Wildman–Crippen MR) is 91.5 cm³/mol. The lowest BCUT2D eigenvalue weighted by Crippen LogP contribution is -2.01. The number of halogens is 1. The largest absolute Gasteiger partial charge is 0.494 e. The maximum Gasteiger partial charge on any atom is 0.229 e. The van der Waals surface area contributed by atoms with Gasteiger partial charge in [0.25, 0.3) is 0 Å². The first-order valence-corrected chi connectivity index (χ1v) is 8.03. The molecule has 0 unspecified atom stereocenters. The quantitative estimate of drug-likeness (QED) is 0.443. The van der Waals surface area contributed by atoms with E-state index in [2.05, 4.69) is 6.92 Å². The van der Waals surface area contributed by atoms with Gasteiger partial charge in [-0.1, -0.05) is 37.1 Å². The Morgan fingerprint density at radius 1 is 1.13 bits per heavy atom. The van der Waals surface area contributed by atoms with Crippen LogP contribution in [0.25, 0.3) is 11.0 Å². The predicted octanol–water partition coefficient (Wildman–Crippen LogP) is 5.50. The fraction of sp³-hybridized carbons (Fsp3) is 0.211. The van der Waals surface area contributed by atoms with Gasteiger partial charge in [-0.25, -0.2) is 0 Å². The first-order valence-electron chi connectivity index (χ1n) is 7.65. The highest BCUT2D eigenvalue weighted by molar-refractivity contribution is 6.39. The van der Waals surface area contributed by atoms with E-state index in [1.54, 1.807) is 30.3 Å². The van der Waals surface area contributed by atoms with Gasteiger partial charge in [-0.15, -0.1) is 0 Å². The summed E-state index contributed by atoms with van der Waals surface area (Å²) in [6.45, 7) is 2.79. The molecule has 1 heterocycles. The van der Waals surface area contributed by atoms with E-state index in [0.717, 1.165) is 24.0 Å². The van der Waals surface area contributed by atoms with Crippen LogP contribution in [0.5, 0.6) is 5.75 Å². The molecule has 23 heavy (non-hydrogen) atoms. The van der Waals surface area contributed by atoms with Crippen LogP contribution in [0.1, 0.15) is 35.9 Å². The molecule has 0 amide bonds. The molecule has 118 valence electrons. The van der Waals surface area contributed by atoms with Gasteiger partial charge in [-0.3, -0.25) is 4.79 Å². The standard InChI is InChI=1S/C19H17ClO3/c1-2-3-12-22-14-10-8-13(9-11-14)18(21)19-17(20)15-6-4-5-7-16(15)23-19/h4-11H,2-3,12H2,1H3. The minimum absolute atomic E-state index is 0.174. The second-order valence-electron chi connectivity index (χ2n) is 5.30. The van der Waals surface area contributed by atoms with Crippen molar-refractivity contribution in [3.63, 3.8) is 0 Å². The molecule has 0 aliphatic heterocycles. The fourth-order valence-corrected chi connectivity index (χ4v) is 2.61. The van der Waals surface area contributed by atoms with E-state index in [1.165, 1.54) is 0 Å². The number of rotatable bonds is 6. The number of ketones is 1. The summed E-state index contributed by atoms with van der Waals surface area (Å²) in [5.41, 5.74) is 1.13. The molecule has 0 saturated carbocycles. The van der Waals surface area contributed by atoms with E-state index >= 15 is 0 Å². The smallest absolute Gasteiger partial charge is 0.229 e. The second kappa shape index (κ2) is 6.88. The van der Waals surface area contributed by atoms with Crippen molar-refractivity contribution in [1.82, 2.24) is 0 Å². The molecule has 0 saturated heterocycles. The summed E-state index contributed by atoms with van der Waals surface area (Å²) in [6, 6.07) is 14.4. The molecule has 3 aromatic rings. The van der Waals surface area contributed by atoms with Gasteiger partial charge >= 0.3 is 0 Å². The van der Waals surface area contributed by atoms with Crippen molar-refractivity contribution in [1.29, 1.82) is 0 Å². The van der Waals surface area contributed by atoms with E-state index in [-0.39, 0.29) is 11.5 Å². The molecule has 1 aromatic heterocycles. The summed E-state index contributed by atoms with van der Waals surface area (Å²) in [5, 5.41) is 1.10. The highest BCUT2D eigenvalue weighted by atomic mass is 35.5. The lowest BCUT2D eigenvalue weighted by molar-refractivity contribution is 0.101. The maximum atomic E-state index is 12.6. The lowest BCUT2D eigenvalue weighted by Gasteiger charge is -2.05. The molecule has 0 radical (unpaired) electrons. The van der Waals surface area contributed by atoms with Crippen LogP contribution in [0.15, 0.2) is 52.9 Å². The Kier molecular flexibility index (Phi) is 4.68. The third-order valence-electron chi connectivity index (χ3n) is 3.62. The van der Waals surface area contributed by atoms with E-state index < -0.39 is 0 Å². The van der Waals surface area contributed by atoms with Gasteiger partial charge in [-0.05, 0) is 42.8 Å². The first kappa shape index (κ1) is 15.6. The molecule has 0 spiro atoms. The van der Waals surface area contributed by atoms with E-state index in [9.17, 15) is 4.79 Å². The topological polar surface area (TPSA) is 39.4 Å². The molecular formula is C19H17ClO3. The Balaban J connectivity index is 1.83. The van der Waals surface area contributed by atoms with Crippen LogP contribution in [0, 0.1) is 0 Å². The Morgan fingerprint density at radius 3 is 2.57 bits per heavy atom. The third-order valence-corrected chi connectivity index (χ3v) is 4.00. The summed E-state index contributed by atoms with van der Waals surface area (Å²) >= 11 is 6.28. The number of para-hydroxylation sites is 1. The van der Waals surface area contributed by atoms with Crippen molar-refractivity contribution in [2.45, 2.75) is 19.8 Å². The zero-order chi connectivity index (χ0) is 16.2. The number of unbranched alkanes of at least 4 members (excludes halogenated alkanes) is 1. The van der Waals surface area contributed by atoms with E-state index in [4.69, 9.17) is 20.8 Å². The van der Waals surface area contributed by atoms with Crippen molar-refractivity contribution in [3.05, 3.63) is 64.9 Å². The highest BCUT2D eigenvalue weighted by Crippen LogP contribution is 2.32. The van der Waals surface area contributed by atoms with Crippen molar-refractivity contribution < 1.29 is 13.9 Å². The van der Waals surface area contributed by atoms with E-state index in [0.29, 0.717) is 22.8 Å². The highest BCUT2D eigenvalue weighted by Gasteiger charge is 2.20. The Morgan fingerprint density at radius 2 is 1.87 bits per heavy atom. The normalized spacial score (nSPS) is 10.9. The lowest BCUT2D eigenvalue weighted by atomic mass is 10.1. The Hall–Kier alpha value is -2.26. The maximum absolute atomic E-state index is 12.6. The zero-order valence-corrected chi connectivity index (χ0v) is 13.6. The van der Waals surface area contributed by atoms with Crippen molar-refractivity contribution in [3.8, 4) is 5.75 Å². The molecular weight excluding hydrogens is 312 g/mol. The molecule has 0 aliphatic carbocycles. The van der Waals surface area contributed by atoms with Crippen LogP contribution in [0.4, 0.5) is 0 Å². The van der Waals surface area contributed by atoms with Gasteiger partial charge < -0.3 is 9.15 Å². The number of benzene rings is 2.